The zero-order chi connectivity index (χ0) is 12.5. The molecule has 0 radical (unpaired) electrons. The highest BCUT2D eigenvalue weighted by Gasteiger charge is 2.24. The molecule has 0 bridgehead atoms. The van der Waals surface area contributed by atoms with E-state index in [1.54, 1.807) is 0 Å². The number of benzene rings is 1. The smallest absolute Gasteiger partial charge is 0.125 e. The summed E-state index contributed by atoms with van der Waals surface area (Å²) in [5.74, 6) is 1.05. The number of hydrogen-bond acceptors (Lipinski definition) is 2. The van der Waals surface area contributed by atoms with Gasteiger partial charge in [0.15, 0.2) is 0 Å². The molecule has 17 heavy (non-hydrogen) atoms. The molecule has 0 aliphatic carbocycles. The minimum atomic E-state index is -0.0689. The minimum absolute atomic E-state index is 0.0689. The second-order valence-electron chi connectivity index (χ2n) is 4.89. The molecule has 0 saturated carbocycles. The van der Waals surface area contributed by atoms with Crippen LogP contribution in [0.25, 0.3) is 0 Å². The van der Waals surface area contributed by atoms with Crippen molar-refractivity contribution in [3.8, 4) is 5.75 Å². The van der Waals surface area contributed by atoms with E-state index in [-0.39, 0.29) is 5.41 Å². The van der Waals surface area contributed by atoms with Crippen molar-refractivity contribution in [1.29, 1.82) is 0 Å². The first-order valence-corrected chi connectivity index (χ1v) is 6.65. The molecule has 1 aliphatic rings. The van der Waals surface area contributed by atoms with Gasteiger partial charge in [0.05, 0.1) is 6.61 Å². The van der Waals surface area contributed by atoms with Gasteiger partial charge in [0.2, 0.25) is 0 Å². The Balaban J connectivity index is 2.36. The molecule has 1 aliphatic heterocycles. The normalized spacial score (nSPS) is 17.1. The van der Waals surface area contributed by atoms with Gasteiger partial charge in [-0.1, -0.05) is 28.9 Å². The SMILES string of the molecule is C=CC(C)(CN)Cc1cc(Br)cc2c1OCC2. The van der Waals surface area contributed by atoms with Crippen LogP contribution in [0.1, 0.15) is 18.1 Å². The maximum atomic E-state index is 5.82. The third-order valence-corrected chi connectivity index (χ3v) is 3.84. The molecule has 3 heteroatoms. The fraction of sp³-hybridized carbons (Fsp3) is 0.429. The minimum Gasteiger partial charge on any atom is -0.493 e. The zero-order valence-electron chi connectivity index (χ0n) is 10.1. The van der Waals surface area contributed by atoms with Gasteiger partial charge in [-0.3, -0.25) is 0 Å². The number of nitrogens with two attached hydrogens (primary N) is 1. The van der Waals surface area contributed by atoms with Gasteiger partial charge in [-0.05, 0) is 29.7 Å². The molecular formula is C14H18BrNO. The van der Waals surface area contributed by atoms with Crippen LogP contribution in [-0.4, -0.2) is 13.2 Å². The average molecular weight is 296 g/mol. The molecule has 2 nitrogen and oxygen atoms in total. The summed E-state index contributed by atoms with van der Waals surface area (Å²) in [7, 11) is 0. The summed E-state index contributed by atoms with van der Waals surface area (Å²) < 4.78 is 6.83. The standard InChI is InChI=1S/C14H18BrNO/c1-3-14(2,9-16)8-11-7-12(15)6-10-4-5-17-13(10)11/h3,6-7H,1,4-5,8-9,16H2,2H3. The van der Waals surface area contributed by atoms with E-state index in [1.165, 1.54) is 11.1 Å². The predicted octanol–water partition coefficient (Wildman–Crippen LogP) is 3.08. The van der Waals surface area contributed by atoms with Crippen LogP contribution in [0.3, 0.4) is 0 Å². The summed E-state index contributed by atoms with van der Waals surface area (Å²) >= 11 is 3.55. The molecule has 1 heterocycles. The van der Waals surface area contributed by atoms with Crippen molar-refractivity contribution in [2.45, 2.75) is 19.8 Å². The summed E-state index contributed by atoms with van der Waals surface area (Å²) in [5.41, 5.74) is 8.27. The van der Waals surface area contributed by atoms with Crippen LogP contribution in [-0.2, 0) is 12.8 Å². The quantitative estimate of drug-likeness (QED) is 0.867. The summed E-state index contributed by atoms with van der Waals surface area (Å²) in [6.07, 6.45) is 3.80. The molecule has 2 N–H and O–H groups in total. The fourth-order valence-electron chi connectivity index (χ4n) is 2.14. The molecule has 1 unspecified atom stereocenters. The number of fused-ring (bicyclic) bond motifs is 1. The van der Waals surface area contributed by atoms with Crippen molar-refractivity contribution in [3.05, 3.63) is 40.4 Å². The summed E-state index contributed by atoms with van der Waals surface area (Å²) in [5, 5.41) is 0. The summed E-state index contributed by atoms with van der Waals surface area (Å²) in [4.78, 5) is 0. The Labute approximate surface area is 111 Å². The molecule has 1 atom stereocenters. The number of hydrogen-bond donors (Lipinski definition) is 1. The monoisotopic (exact) mass is 295 g/mol. The van der Waals surface area contributed by atoms with Crippen LogP contribution in [0.4, 0.5) is 0 Å². The Kier molecular flexibility index (Phi) is 3.59. The Bertz CT molecular complexity index is 444. The third kappa shape index (κ3) is 2.55. The first-order chi connectivity index (χ1) is 8.08. The lowest BCUT2D eigenvalue weighted by Crippen LogP contribution is -2.27. The fourth-order valence-corrected chi connectivity index (χ4v) is 2.69. The van der Waals surface area contributed by atoms with Crippen molar-refractivity contribution >= 4 is 15.9 Å². The molecule has 0 spiro atoms. The molecule has 0 saturated heterocycles. The molecule has 2 rings (SSSR count). The molecule has 92 valence electrons. The average Bonchev–Trinajstić information content (AvgIpc) is 2.77. The van der Waals surface area contributed by atoms with E-state index in [0.29, 0.717) is 6.54 Å². The topological polar surface area (TPSA) is 35.2 Å². The second-order valence-corrected chi connectivity index (χ2v) is 5.81. The van der Waals surface area contributed by atoms with E-state index in [4.69, 9.17) is 10.5 Å². The van der Waals surface area contributed by atoms with Crippen molar-refractivity contribution < 1.29 is 4.74 Å². The molecule has 0 fully saturated rings. The number of ether oxygens (including phenoxy) is 1. The van der Waals surface area contributed by atoms with Crippen LogP contribution >= 0.6 is 15.9 Å². The Hall–Kier alpha value is -0.800. The molecule has 1 aromatic carbocycles. The van der Waals surface area contributed by atoms with Crippen molar-refractivity contribution in [2.75, 3.05) is 13.2 Å². The Morgan fingerprint density at radius 2 is 2.35 bits per heavy atom. The van der Waals surface area contributed by atoms with Gasteiger partial charge in [0.25, 0.3) is 0 Å². The van der Waals surface area contributed by atoms with Gasteiger partial charge in [0.1, 0.15) is 5.75 Å². The van der Waals surface area contributed by atoms with Gasteiger partial charge in [-0.25, -0.2) is 0 Å². The van der Waals surface area contributed by atoms with Crippen molar-refractivity contribution in [2.24, 2.45) is 11.1 Å². The Morgan fingerprint density at radius 1 is 1.59 bits per heavy atom. The highest BCUT2D eigenvalue weighted by molar-refractivity contribution is 9.10. The van der Waals surface area contributed by atoms with E-state index in [1.807, 2.05) is 6.08 Å². The van der Waals surface area contributed by atoms with Gasteiger partial charge < -0.3 is 10.5 Å². The lowest BCUT2D eigenvalue weighted by atomic mass is 9.83. The number of halogens is 1. The zero-order valence-corrected chi connectivity index (χ0v) is 11.7. The van der Waals surface area contributed by atoms with Gasteiger partial charge in [0, 0.05) is 22.9 Å². The van der Waals surface area contributed by atoms with E-state index >= 15 is 0 Å². The van der Waals surface area contributed by atoms with Crippen LogP contribution in [0.2, 0.25) is 0 Å². The molecule has 0 aromatic heterocycles. The first kappa shape index (κ1) is 12.7. The summed E-state index contributed by atoms with van der Waals surface area (Å²) in [6, 6.07) is 4.26. The van der Waals surface area contributed by atoms with Crippen LogP contribution in [0.5, 0.6) is 5.75 Å². The molecule has 1 aromatic rings. The third-order valence-electron chi connectivity index (χ3n) is 3.38. The highest BCUT2D eigenvalue weighted by atomic mass is 79.9. The maximum Gasteiger partial charge on any atom is 0.125 e. The van der Waals surface area contributed by atoms with Crippen molar-refractivity contribution in [3.63, 3.8) is 0 Å². The second kappa shape index (κ2) is 4.83. The van der Waals surface area contributed by atoms with E-state index < -0.39 is 0 Å². The highest BCUT2D eigenvalue weighted by Crippen LogP contribution is 2.36. The van der Waals surface area contributed by atoms with E-state index in [0.717, 1.165) is 29.7 Å². The summed E-state index contributed by atoms with van der Waals surface area (Å²) in [6.45, 7) is 7.39. The lowest BCUT2D eigenvalue weighted by molar-refractivity contribution is 0.346. The van der Waals surface area contributed by atoms with Crippen molar-refractivity contribution in [1.82, 2.24) is 0 Å². The van der Waals surface area contributed by atoms with E-state index in [2.05, 4.69) is 41.6 Å². The predicted molar refractivity (Wildman–Crippen MR) is 74.4 cm³/mol. The van der Waals surface area contributed by atoms with Gasteiger partial charge in [-0.2, -0.15) is 0 Å². The lowest BCUT2D eigenvalue weighted by Gasteiger charge is -2.24. The maximum absolute atomic E-state index is 5.82. The number of rotatable bonds is 4. The first-order valence-electron chi connectivity index (χ1n) is 5.86. The van der Waals surface area contributed by atoms with Gasteiger partial charge in [-0.15, -0.1) is 6.58 Å². The van der Waals surface area contributed by atoms with Gasteiger partial charge >= 0.3 is 0 Å². The van der Waals surface area contributed by atoms with E-state index in [9.17, 15) is 0 Å². The Morgan fingerprint density at radius 3 is 3.00 bits per heavy atom. The van der Waals surface area contributed by atoms with Crippen LogP contribution in [0.15, 0.2) is 29.3 Å². The van der Waals surface area contributed by atoms with Crippen LogP contribution in [0, 0.1) is 5.41 Å². The largest absolute Gasteiger partial charge is 0.493 e. The molecule has 0 amide bonds. The molecular weight excluding hydrogens is 278 g/mol. The van der Waals surface area contributed by atoms with Crippen LogP contribution < -0.4 is 10.5 Å².